The highest BCUT2D eigenvalue weighted by atomic mass is 32.2. The minimum atomic E-state index is -3.54. The summed E-state index contributed by atoms with van der Waals surface area (Å²) in [6, 6.07) is 12.4. The first-order valence-electron chi connectivity index (χ1n) is 8.18. The molecule has 2 aromatic rings. The number of benzene rings is 2. The number of carbonyl (C=O) groups is 1. The number of anilines is 1. The predicted octanol–water partition coefficient (Wildman–Crippen LogP) is 3.67. The fraction of sp³-hybridized carbons (Fsp3) is 0.316. The van der Waals surface area contributed by atoms with Gasteiger partial charge in [0.05, 0.1) is 10.1 Å². The van der Waals surface area contributed by atoms with Crippen LogP contribution in [0.25, 0.3) is 0 Å². The number of thioether (sulfide) groups is 1. The van der Waals surface area contributed by atoms with Crippen LogP contribution in [0.4, 0.5) is 5.69 Å². The van der Waals surface area contributed by atoms with Crippen molar-refractivity contribution in [3.05, 3.63) is 53.6 Å². The van der Waals surface area contributed by atoms with Crippen molar-refractivity contribution in [3.8, 4) is 0 Å². The van der Waals surface area contributed by atoms with E-state index in [1.165, 1.54) is 49.1 Å². The molecule has 140 valence electrons. The van der Waals surface area contributed by atoms with E-state index in [0.717, 1.165) is 9.20 Å². The molecule has 0 aliphatic rings. The Labute approximate surface area is 159 Å². The number of hydrogen-bond acceptors (Lipinski definition) is 4. The smallest absolute Gasteiger partial charge is 0.242 e. The quantitative estimate of drug-likeness (QED) is 0.762. The molecule has 1 unspecified atom stereocenters. The molecule has 0 aliphatic carbocycles. The van der Waals surface area contributed by atoms with E-state index in [4.69, 9.17) is 0 Å². The number of hydrogen-bond donors (Lipinski definition) is 1. The van der Waals surface area contributed by atoms with Crippen molar-refractivity contribution in [2.45, 2.75) is 35.8 Å². The first kappa shape index (κ1) is 20.5. The van der Waals surface area contributed by atoms with Gasteiger partial charge in [0.15, 0.2) is 0 Å². The number of nitrogens with one attached hydrogen (secondary N) is 1. The van der Waals surface area contributed by atoms with Gasteiger partial charge in [-0.2, -0.15) is 0 Å². The number of nitrogens with zero attached hydrogens (tertiary/aromatic N) is 1. The average Bonchev–Trinajstić information content (AvgIpc) is 2.58. The topological polar surface area (TPSA) is 66.5 Å². The van der Waals surface area contributed by atoms with Crippen LogP contribution in [0.2, 0.25) is 0 Å². The van der Waals surface area contributed by atoms with Gasteiger partial charge in [-0.15, -0.1) is 11.8 Å². The lowest BCUT2D eigenvalue weighted by Crippen LogP contribution is -2.24. The van der Waals surface area contributed by atoms with Gasteiger partial charge in [0, 0.05) is 24.7 Å². The lowest BCUT2D eigenvalue weighted by atomic mass is 10.1. The van der Waals surface area contributed by atoms with Crippen LogP contribution in [0, 0.1) is 13.8 Å². The molecule has 2 aromatic carbocycles. The maximum Gasteiger partial charge on any atom is 0.242 e. The van der Waals surface area contributed by atoms with E-state index in [-0.39, 0.29) is 16.1 Å². The minimum Gasteiger partial charge on any atom is -0.325 e. The minimum absolute atomic E-state index is 0.148. The summed E-state index contributed by atoms with van der Waals surface area (Å²) in [7, 11) is -0.586. The van der Waals surface area contributed by atoms with Crippen LogP contribution >= 0.6 is 11.8 Å². The zero-order valence-electron chi connectivity index (χ0n) is 15.6. The molecule has 0 spiro atoms. The van der Waals surface area contributed by atoms with E-state index in [2.05, 4.69) is 18.3 Å². The third-order valence-corrected chi connectivity index (χ3v) is 6.95. The van der Waals surface area contributed by atoms with E-state index in [0.29, 0.717) is 5.69 Å². The molecule has 0 aromatic heterocycles. The monoisotopic (exact) mass is 392 g/mol. The van der Waals surface area contributed by atoms with Crippen LogP contribution in [0.5, 0.6) is 0 Å². The van der Waals surface area contributed by atoms with Crippen molar-refractivity contribution < 1.29 is 13.2 Å². The Morgan fingerprint density at radius 2 is 1.77 bits per heavy atom. The second kappa shape index (κ2) is 8.24. The van der Waals surface area contributed by atoms with E-state index < -0.39 is 10.0 Å². The summed E-state index contributed by atoms with van der Waals surface area (Å²) < 4.78 is 25.6. The molecule has 0 saturated heterocycles. The van der Waals surface area contributed by atoms with E-state index >= 15 is 0 Å². The molecule has 0 aliphatic heterocycles. The van der Waals surface area contributed by atoms with Gasteiger partial charge in [0.25, 0.3) is 0 Å². The Balaban J connectivity index is 2.10. The lowest BCUT2D eigenvalue weighted by molar-refractivity contribution is -0.115. The molecule has 1 atom stereocenters. The first-order valence-corrected chi connectivity index (χ1v) is 10.5. The van der Waals surface area contributed by atoms with Gasteiger partial charge >= 0.3 is 0 Å². The van der Waals surface area contributed by atoms with Crippen molar-refractivity contribution >= 4 is 33.4 Å². The molecule has 0 saturated carbocycles. The molecule has 1 N–H and O–H groups in total. The summed E-state index contributed by atoms with van der Waals surface area (Å²) in [6.45, 7) is 5.92. The first-order chi connectivity index (χ1) is 12.1. The predicted molar refractivity (Wildman–Crippen MR) is 107 cm³/mol. The molecule has 1 amide bonds. The third kappa shape index (κ3) is 4.87. The third-order valence-electron chi connectivity index (χ3n) is 4.04. The van der Waals surface area contributed by atoms with Gasteiger partial charge < -0.3 is 5.32 Å². The number of rotatable bonds is 6. The standard InChI is InChI=1S/C19H24N2O3S2/c1-13-9-10-17(11-14(13)2)25-15(3)19(22)20-16-7-6-8-18(12-16)26(23,24)21(4)5/h6-12,15H,1-5H3,(H,20,22). The molecule has 0 bridgehead atoms. The maximum absolute atomic E-state index is 12.5. The molecule has 5 nitrogen and oxygen atoms in total. The Morgan fingerprint density at radius 3 is 2.38 bits per heavy atom. The van der Waals surface area contributed by atoms with Crippen molar-refractivity contribution in [2.24, 2.45) is 0 Å². The van der Waals surface area contributed by atoms with Crippen LogP contribution < -0.4 is 5.32 Å². The fourth-order valence-corrected chi connectivity index (χ4v) is 4.15. The summed E-state index contributed by atoms with van der Waals surface area (Å²) in [5.41, 5.74) is 2.86. The normalized spacial score (nSPS) is 12.8. The lowest BCUT2D eigenvalue weighted by Gasteiger charge is -2.15. The van der Waals surface area contributed by atoms with Crippen LogP contribution in [0.15, 0.2) is 52.3 Å². The molecule has 0 radical (unpaired) electrons. The second-order valence-corrected chi connectivity index (χ2v) is 9.88. The highest BCUT2D eigenvalue weighted by Gasteiger charge is 2.19. The highest BCUT2D eigenvalue weighted by Crippen LogP contribution is 2.26. The molecule has 7 heteroatoms. The van der Waals surface area contributed by atoms with Gasteiger partial charge in [-0.3, -0.25) is 4.79 Å². The van der Waals surface area contributed by atoms with Crippen LogP contribution in [0.3, 0.4) is 0 Å². The van der Waals surface area contributed by atoms with Crippen molar-refractivity contribution in [1.82, 2.24) is 4.31 Å². The number of carbonyl (C=O) groups excluding carboxylic acids is 1. The van der Waals surface area contributed by atoms with Crippen LogP contribution in [-0.4, -0.2) is 38.0 Å². The second-order valence-electron chi connectivity index (χ2n) is 6.31. The zero-order chi connectivity index (χ0) is 19.5. The Kier molecular flexibility index (Phi) is 6.49. The Morgan fingerprint density at radius 1 is 1.08 bits per heavy atom. The van der Waals surface area contributed by atoms with Gasteiger partial charge in [-0.05, 0) is 62.2 Å². The Hall–Kier alpha value is -1.83. The molecule has 26 heavy (non-hydrogen) atoms. The fourth-order valence-electron chi connectivity index (χ4n) is 2.23. The number of aryl methyl sites for hydroxylation is 2. The molecular formula is C19H24N2O3S2. The van der Waals surface area contributed by atoms with Gasteiger partial charge in [-0.1, -0.05) is 12.1 Å². The van der Waals surface area contributed by atoms with Crippen molar-refractivity contribution in [3.63, 3.8) is 0 Å². The summed E-state index contributed by atoms with van der Waals surface area (Å²) >= 11 is 1.47. The van der Waals surface area contributed by atoms with Crippen LogP contribution in [0.1, 0.15) is 18.1 Å². The van der Waals surface area contributed by atoms with Gasteiger partial charge in [0.1, 0.15) is 0 Å². The SMILES string of the molecule is Cc1ccc(SC(C)C(=O)Nc2cccc(S(=O)(=O)N(C)C)c2)cc1C. The summed E-state index contributed by atoms with van der Waals surface area (Å²) in [6.07, 6.45) is 0. The summed E-state index contributed by atoms with van der Waals surface area (Å²) in [4.78, 5) is 13.6. The van der Waals surface area contributed by atoms with Crippen LogP contribution in [-0.2, 0) is 14.8 Å². The molecular weight excluding hydrogens is 368 g/mol. The van der Waals surface area contributed by atoms with E-state index in [1.54, 1.807) is 12.1 Å². The Bertz CT molecular complexity index is 909. The molecule has 0 heterocycles. The molecule has 2 rings (SSSR count). The number of sulfonamides is 1. The van der Waals surface area contributed by atoms with E-state index in [1.807, 2.05) is 26.0 Å². The zero-order valence-corrected chi connectivity index (χ0v) is 17.2. The van der Waals surface area contributed by atoms with E-state index in [9.17, 15) is 13.2 Å². The average molecular weight is 393 g/mol. The number of amides is 1. The maximum atomic E-state index is 12.5. The largest absolute Gasteiger partial charge is 0.325 e. The molecule has 0 fully saturated rings. The highest BCUT2D eigenvalue weighted by molar-refractivity contribution is 8.00. The van der Waals surface area contributed by atoms with Crippen molar-refractivity contribution in [2.75, 3.05) is 19.4 Å². The van der Waals surface area contributed by atoms with Gasteiger partial charge in [-0.25, -0.2) is 12.7 Å². The van der Waals surface area contributed by atoms with Crippen molar-refractivity contribution in [1.29, 1.82) is 0 Å². The van der Waals surface area contributed by atoms with Gasteiger partial charge in [0.2, 0.25) is 15.9 Å². The summed E-state index contributed by atoms with van der Waals surface area (Å²) in [5, 5.41) is 2.48. The summed E-state index contributed by atoms with van der Waals surface area (Å²) in [5.74, 6) is -0.173.